The van der Waals surface area contributed by atoms with E-state index in [1.807, 2.05) is 0 Å². The first-order valence-corrected chi connectivity index (χ1v) is 12.7. The van der Waals surface area contributed by atoms with E-state index in [9.17, 15) is 10.2 Å². The zero-order chi connectivity index (χ0) is 22.3. The summed E-state index contributed by atoms with van der Waals surface area (Å²) in [5.74, 6) is 1.65. The summed E-state index contributed by atoms with van der Waals surface area (Å²) in [6.07, 6.45) is 5.15. The highest BCUT2D eigenvalue weighted by Crippen LogP contribution is 2.37. The largest absolute Gasteiger partial charge is 0.391 e. The highest BCUT2D eigenvalue weighted by Gasteiger charge is 2.41. The molecule has 2 N–H and O–H groups in total. The maximum Gasteiger partial charge on any atom is 0.104 e. The van der Waals surface area contributed by atoms with Gasteiger partial charge in [0.1, 0.15) is 26.2 Å². The Morgan fingerprint density at radius 3 is 1.22 bits per heavy atom. The minimum absolute atomic E-state index is 0.279. The van der Waals surface area contributed by atoms with Crippen LogP contribution in [0.25, 0.3) is 0 Å². The molecule has 0 amide bonds. The zero-order valence-electron chi connectivity index (χ0n) is 19.6. The average Bonchev–Trinajstić information content (AvgIpc) is 2.82. The molecule has 0 atom stereocenters. The average molecular weight is 439 g/mol. The third-order valence-electron chi connectivity index (χ3n) is 8.43. The second-order valence-electron chi connectivity index (χ2n) is 10.4. The Morgan fingerprint density at radius 2 is 0.906 bits per heavy atom. The van der Waals surface area contributed by atoms with Gasteiger partial charge in [0.05, 0.1) is 39.4 Å². The lowest BCUT2D eigenvalue weighted by Crippen LogP contribution is -2.57. The Bertz CT molecular complexity index is 725. The van der Waals surface area contributed by atoms with Crippen molar-refractivity contribution in [2.24, 2.45) is 11.8 Å². The monoisotopic (exact) mass is 438 g/mol. The molecule has 0 spiro atoms. The van der Waals surface area contributed by atoms with Gasteiger partial charge < -0.3 is 19.2 Å². The van der Waals surface area contributed by atoms with Crippen molar-refractivity contribution in [3.05, 3.63) is 71.8 Å². The first kappa shape index (κ1) is 23.4. The van der Waals surface area contributed by atoms with Crippen LogP contribution in [-0.2, 0) is 13.1 Å². The molecule has 2 aliphatic heterocycles. The molecule has 0 aliphatic carbocycles. The number of hydrogen-bond acceptors (Lipinski definition) is 2. The van der Waals surface area contributed by atoms with Gasteiger partial charge in [-0.3, -0.25) is 0 Å². The highest BCUT2D eigenvalue weighted by molar-refractivity contribution is 5.14. The minimum Gasteiger partial charge on any atom is -0.391 e. The zero-order valence-corrected chi connectivity index (χ0v) is 19.6. The molecule has 2 saturated heterocycles. The molecule has 0 unspecified atom stereocenters. The van der Waals surface area contributed by atoms with E-state index in [1.165, 1.54) is 63.0 Å². The number of benzene rings is 2. The molecule has 4 rings (SSSR count). The summed E-state index contributed by atoms with van der Waals surface area (Å²) >= 11 is 0. The summed E-state index contributed by atoms with van der Waals surface area (Å²) in [4.78, 5) is 0. The first-order chi connectivity index (χ1) is 15.7. The summed E-state index contributed by atoms with van der Waals surface area (Å²) in [5, 5.41) is 19.5. The predicted octanol–water partition coefficient (Wildman–Crippen LogP) is 3.83. The van der Waals surface area contributed by atoms with Crippen molar-refractivity contribution < 1.29 is 19.2 Å². The minimum atomic E-state index is 0.279. The lowest BCUT2D eigenvalue weighted by molar-refractivity contribution is -0.949. The molecule has 2 fully saturated rings. The normalized spacial score (nSPS) is 30.8. The van der Waals surface area contributed by atoms with Gasteiger partial charge >= 0.3 is 0 Å². The van der Waals surface area contributed by atoms with Gasteiger partial charge in [0.2, 0.25) is 0 Å². The Kier molecular flexibility index (Phi) is 8.01. The molecule has 4 heteroatoms. The number of hydrogen-bond donors (Lipinski definition) is 2. The van der Waals surface area contributed by atoms with Crippen LogP contribution >= 0.6 is 0 Å². The van der Waals surface area contributed by atoms with Crippen LogP contribution in [0.2, 0.25) is 0 Å². The third-order valence-corrected chi connectivity index (χ3v) is 8.43. The summed E-state index contributed by atoms with van der Waals surface area (Å²) in [6.45, 7) is 9.17. The standard InChI is InChI=1S/C28H42N2O2/c31-21-19-29(23-25-7-3-1-4-8-25)15-11-27(12-16-29)28-13-17-30(18-14-28,20-22-32)24-26-9-5-2-6-10-26/h1-10,27-28,31-32H,11-24H2/q+2. The quantitative estimate of drug-likeness (QED) is 0.584. The van der Waals surface area contributed by atoms with Crippen molar-refractivity contribution in [3.8, 4) is 0 Å². The second kappa shape index (κ2) is 10.9. The number of likely N-dealkylation sites (tertiary alicyclic amines) is 2. The van der Waals surface area contributed by atoms with E-state index in [4.69, 9.17) is 0 Å². The fourth-order valence-electron chi connectivity index (χ4n) is 6.50. The van der Waals surface area contributed by atoms with E-state index in [-0.39, 0.29) is 13.2 Å². The fourth-order valence-corrected chi connectivity index (χ4v) is 6.50. The highest BCUT2D eigenvalue weighted by atomic mass is 16.3. The number of quaternary nitrogens is 2. The SMILES string of the molecule is OCC[N+]1(Cc2ccccc2)CCC(C2CC[N+](CCO)(Cc3ccccc3)CC2)CC1. The summed E-state index contributed by atoms with van der Waals surface area (Å²) in [5.41, 5.74) is 2.79. The van der Waals surface area contributed by atoms with Crippen LogP contribution in [0.5, 0.6) is 0 Å². The number of piperidine rings is 2. The fraction of sp³-hybridized carbons (Fsp3) is 0.571. The molecule has 2 aromatic rings. The maximum absolute atomic E-state index is 9.77. The first-order valence-electron chi connectivity index (χ1n) is 12.7. The van der Waals surface area contributed by atoms with Crippen LogP contribution < -0.4 is 0 Å². The molecular formula is C28H42N2O2+2. The molecule has 0 aromatic heterocycles. The molecule has 2 aliphatic rings. The van der Waals surface area contributed by atoms with Crippen molar-refractivity contribution in [1.82, 2.24) is 0 Å². The molecule has 0 radical (unpaired) electrons. The van der Waals surface area contributed by atoms with Crippen LogP contribution in [0, 0.1) is 11.8 Å². The Hall–Kier alpha value is -1.72. The predicted molar refractivity (Wildman–Crippen MR) is 130 cm³/mol. The summed E-state index contributed by atoms with van der Waals surface area (Å²) in [7, 11) is 0. The van der Waals surface area contributed by atoms with Gasteiger partial charge in [-0.2, -0.15) is 0 Å². The van der Waals surface area contributed by atoms with Crippen LogP contribution in [0.15, 0.2) is 60.7 Å². The molecule has 174 valence electrons. The van der Waals surface area contributed by atoms with Crippen molar-refractivity contribution in [1.29, 1.82) is 0 Å². The smallest absolute Gasteiger partial charge is 0.104 e. The van der Waals surface area contributed by atoms with E-state index in [0.717, 1.165) is 47.0 Å². The maximum atomic E-state index is 9.77. The van der Waals surface area contributed by atoms with Crippen molar-refractivity contribution in [2.45, 2.75) is 38.8 Å². The van der Waals surface area contributed by atoms with Gasteiger partial charge in [0.15, 0.2) is 0 Å². The number of rotatable bonds is 9. The van der Waals surface area contributed by atoms with Crippen LogP contribution in [0.3, 0.4) is 0 Å². The van der Waals surface area contributed by atoms with Gasteiger partial charge in [-0.1, -0.05) is 60.7 Å². The molecule has 0 saturated carbocycles. The number of nitrogens with zero attached hydrogens (tertiary/aromatic N) is 2. The lowest BCUT2D eigenvalue weighted by atomic mass is 9.77. The molecule has 2 heterocycles. The Labute approximate surface area is 194 Å². The van der Waals surface area contributed by atoms with Crippen molar-refractivity contribution in [2.75, 3.05) is 52.5 Å². The topological polar surface area (TPSA) is 40.5 Å². The third kappa shape index (κ3) is 5.79. The molecular weight excluding hydrogens is 396 g/mol. The van der Waals surface area contributed by atoms with Crippen molar-refractivity contribution in [3.63, 3.8) is 0 Å². The molecule has 32 heavy (non-hydrogen) atoms. The van der Waals surface area contributed by atoms with Gasteiger partial charge in [0, 0.05) is 11.1 Å². The summed E-state index contributed by atoms with van der Waals surface area (Å²) < 4.78 is 2.09. The molecule has 0 bridgehead atoms. The van der Waals surface area contributed by atoms with Crippen LogP contribution in [0.1, 0.15) is 36.8 Å². The van der Waals surface area contributed by atoms with Gasteiger partial charge in [-0.05, 0) is 37.5 Å². The van der Waals surface area contributed by atoms with Gasteiger partial charge in [-0.15, -0.1) is 0 Å². The van der Waals surface area contributed by atoms with Gasteiger partial charge in [0.25, 0.3) is 0 Å². The molecule has 4 nitrogen and oxygen atoms in total. The summed E-state index contributed by atoms with van der Waals surface area (Å²) in [6, 6.07) is 21.6. The van der Waals surface area contributed by atoms with Crippen LogP contribution in [0.4, 0.5) is 0 Å². The lowest BCUT2D eigenvalue weighted by Gasteiger charge is -2.48. The van der Waals surface area contributed by atoms with E-state index >= 15 is 0 Å². The van der Waals surface area contributed by atoms with Gasteiger partial charge in [-0.25, -0.2) is 0 Å². The Balaban J connectivity index is 1.34. The van der Waals surface area contributed by atoms with Crippen molar-refractivity contribution >= 4 is 0 Å². The van der Waals surface area contributed by atoms with Crippen LogP contribution in [-0.4, -0.2) is 71.7 Å². The molecule has 2 aromatic carbocycles. The Morgan fingerprint density at radius 1 is 0.562 bits per heavy atom. The van der Waals surface area contributed by atoms with E-state index in [0.29, 0.717) is 0 Å². The number of aliphatic hydroxyl groups is 2. The van der Waals surface area contributed by atoms with E-state index < -0.39 is 0 Å². The number of aliphatic hydroxyl groups excluding tert-OH is 2. The van der Waals surface area contributed by atoms with E-state index in [2.05, 4.69) is 60.7 Å². The van der Waals surface area contributed by atoms with E-state index in [1.54, 1.807) is 0 Å². The second-order valence-corrected chi connectivity index (χ2v) is 10.4.